The minimum Gasteiger partial charge on any atom is -0.451 e. The molecule has 0 aliphatic carbocycles. The standard InChI is InChI=1S/C18H19N3O2S/c1-13-15(12-24-20-13)18(22)23-16(17-19-10-11-21(17)2)9-8-14-6-4-3-5-7-14/h3-7,10-12,16H,8-9H2,1-2H3/t16-/m0/s1. The van der Waals surface area contributed by atoms with E-state index in [1.165, 1.54) is 17.1 Å². The van der Waals surface area contributed by atoms with Crippen LogP contribution in [0, 0.1) is 6.92 Å². The number of aryl methyl sites for hydroxylation is 3. The monoisotopic (exact) mass is 341 g/mol. The molecule has 0 bridgehead atoms. The van der Waals surface area contributed by atoms with Gasteiger partial charge in [0, 0.05) is 24.8 Å². The summed E-state index contributed by atoms with van der Waals surface area (Å²) in [6.45, 7) is 1.81. The van der Waals surface area contributed by atoms with Crippen molar-refractivity contribution < 1.29 is 9.53 Å². The van der Waals surface area contributed by atoms with Crippen LogP contribution >= 0.6 is 11.5 Å². The molecular formula is C18H19N3O2S. The van der Waals surface area contributed by atoms with Gasteiger partial charge in [-0.15, -0.1) is 0 Å². The van der Waals surface area contributed by atoms with Crippen molar-refractivity contribution in [2.75, 3.05) is 0 Å². The lowest BCUT2D eigenvalue weighted by Gasteiger charge is -2.17. The second-order valence-corrected chi connectivity index (χ2v) is 6.26. The Morgan fingerprint density at radius 3 is 2.75 bits per heavy atom. The van der Waals surface area contributed by atoms with E-state index in [1.54, 1.807) is 11.6 Å². The van der Waals surface area contributed by atoms with Gasteiger partial charge < -0.3 is 9.30 Å². The minimum absolute atomic E-state index is 0.345. The number of esters is 1. The third-order valence-corrected chi connectivity index (χ3v) is 4.62. The summed E-state index contributed by atoms with van der Waals surface area (Å²) >= 11 is 1.26. The maximum Gasteiger partial charge on any atom is 0.341 e. The fourth-order valence-corrected chi connectivity index (χ4v) is 3.23. The van der Waals surface area contributed by atoms with Gasteiger partial charge in [-0.3, -0.25) is 0 Å². The molecule has 1 aromatic carbocycles. The maximum absolute atomic E-state index is 12.5. The summed E-state index contributed by atoms with van der Waals surface area (Å²) in [5.74, 6) is 0.405. The van der Waals surface area contributed by atoms with Gasteiger partial charge in [-0.05, 0) is 36.9 Å². The first kappa shape index (κ1) is 16.4. The predicted octanol–water partition coefficient (Wildman–Crippen LogP) is 3.72. The molecule has 24 heavy (non-hydrogen) atoms. The van der Waals surface area contributed by atoms with E-state index in [1.807, 2.05) is 42.9 Å². The number of nitrogens with zero attached hydrogens (tertiary/aromatic N) is 3. The van der Waals surface area contributed by atoms with Crippen molar-refractivity contribution >= 4 is 17.5 Å². The van der Waals surface area contributed by atoms with E-state index in [0.717, 1.165) is 12.2 Å². The predicted molar refractivity (Wildman–Crippen MR) is 93.0 cm³/mol. The van der Waals surface area contributed by atoms with Gasteiger partial charge in [0.25, 0.3) is 0 Å². The van der Waals surface area contributed by atoms with Crippen molar-refractivity contribution in [2.24, 2.45) is 7.05 Å². The summed E-state index contributed by atoms with van der Waals surface area (Å²) in [6.07, 6.45) is 4.67. The van der Waals surface area contributed by atoms with Crippen LogP contribution in [-0.4, -0.2) is 19.9 Å². The molecule has 0 N–H and O–H groups in total. The summed E-state index contributed by atoms with van der Waals surface area (Å²) in [5, 5.41) is 1.73. The van der Waals surface area contributed by atoms with Crippen LogP contribution in [0.1, 0.15) is 40.0 Å². The molecule has 124 valence electrons. The summed E-state index contributed by atoms with van der Waals surface area (Å²) in [6, 6.07) is 10.2. The number of hydrogen-bond donors (Lipinski definition) is 0. The number of carbonyl (C=O) groups is 1. The third kappa shape index (κ3) is 3.71. The van der Waals surface area contributed by atoms with Gasteiger partial charge in [0.2, 0.25) is 0 Å². The van der Waals surface area contributed by atoms with Crippen molar-refractivity contribution in [1.29, 1.82) is 0 Å². The lowest BCUT2D eigenvalue weighted by molar-refractivity contribution is 0.0249. The molecule has 3 aromatic rings. The zero-order valence-corrected chi connectivity index (χ0v) is 14.5. The quantitative estimate of drug-likeness (QED) is 0.641. The van der Waals surface area contributed by atoms with Gasteiger partial charge in [0.05, 0.1) is 11.3 Å². The fraction of sp³-hybridized carbons (Fsp3) is 0.278. The molecule has 0 spiro atoms. The SMILES string of the molecule is Cc1nscc1C(=O)O[C@@H](CCc1ccccc1)c1nccn1C. The molecule has 0 saturated heterocycles. The van der Waals surface area contributed by atoms with Crippen molar-refractivity contribution in [3.8, 4) is 0 Å². The topological polar surface area (TPSA) is 57.0 Å². The van der Waals surface area contributed by atoms with Gasteiger partial charge in [-0.2, -0.15) is 4.37 Å². The fourth-order valence-electron chi connectivity index (χ4n) is 2.55. The van der Waals surface area contributed by atoms with Gasteiger partial charge in [0.15, 0.2) is 6.10 Å². The second kappa shape index (κ2) is 7.40. The van der Waals surface area contributed by atoms with Crippen molar-refractivity contribution in [1.82, 2.24) is 13.9 Å². The molecular weight excluding hydrogens is 322 g/mol. The van der Waals surface area contributed by atoms with E-state index in [4.69, 9.17) is 4.74 Å². The molecule has 0 fully saturated rings. The van der Waals surface area contributed by atoms with Crippen molar-refractivity contribution in [3.63, 3.8) is 0 Å². The Bertz CT molecular complexity index is 811. The van der Waals surface area contributed by atoms with Gasteiger partial charge in [-0.25, -0.2) is 9.78 Å². The highest BCUT2D eigenvalue weighted by Crippen LogP contribution is 2.24. The smallest absolute Gasteiger partial charge is 0.341 e. The molecule has 0 radical (unpaired) electrons. The highest BCUT2D eigenvalue weighted by molar-refractivity contribution is 7.03. The molecule has 2 aromatic heterocycles. The van der Waals surface area contributed by atoms with E-state index >= 15 is 0 Å². The van der Waals surface area contributed by atoms with Crippen LogP contribution in [-0.2, 0) is 18.2 Å². The van der Waals surface area contributed by atoms with Gasteiger partial charge in [-0.1, -0.05) is 30.3 Å². The van der Waals surface area contributed by atoms with Crippen LogP contribution in [0.3, 0.4) is 0 Å². The van der Waals surface area contributed by atoms with E-state index in [-0.39, 0.29) is 5.97 Å². The first-order valence-corrected chi connectivity index (χ1v) is 8.62. The third-order valence-electron chi connectivity index (χ3n) is 3.90. The van der Waals surface area contributed by atoms with Crippen LogP contribution < -0.4 is 0 Å². The second-order valence-electron chi connectivity index (χ2n) is 5.63. The van der Waals surface area contributed by atoms with Crippen LogP contribution in [0.25, 0.3) is 0 Å². The molecule has 0 unspecified atom stereocenters. The summed E-state index contributed by atoms with van der Waals surface area (Å²) in [4.78, 5) is 16.8. The largest absolute Gasteiger partial charge is 0.451 e. The minimum atomic E-state index is -0.392. The Balaban J connectivity index is 1.76. The van der Waals surface area contributed by atoms with E-state index in [0.29, 0.717) is 17.7 Å². The number of rotatable bonds is 6. The number of imidazole rings is 1. The highest BCUT2D eigenvalue weighted by Gasteiger charge is 2.23. The molecule has 5 nitrogen and oxygen atoms in total. The maximum atomic E-state index is 12.5. The van der Waals surface area contributed by atoms with Crippen molar-refractivity contribution in [3.05, 3.63) is 70.8 Å². The number of hydrogen-bond acceptors (Lipinski definition) is 5. The average Bonchev–Trinajstić information content (AvgIpc) is 3.20. The first-order chi connectivity index (χ1) is 11.6. The summed E-state index contributed by atoms with van der Waals surface area (Å²) in [5.41, 5.74) is 2.44. The van der Waals surface area contributed by atoms with Crippen LogP contribution in [0.5, 0.6) is 0 Å². The molecule has 3 rings (SSSR count). The number of carbonyl (C=O) groups excluding carboxylic acids is 1. The molecule has 0 saturated carbocycles. The Kier molecular flexibility index (Phi) is 5.05. The molecule has 6 heteroatoms. The average molecular weight is 341 g/mol. The Morgan fingerprint density at radius 2 is 2.12 bits per heavy atom. The van der Waals surface area contributed by atoms with Crippen LogP contribution in [0.15, 0.2) is 48.1 Å². The molecule has 2 heterocycles. The number of aromatic nitrogens is 3. The van der Waals surface area contributed by atoms with E-state index in [2.05, 4.69) is 21.5 Å². The van der Waals surface area contributed by atoms with Crippen molar-refractivity contribution in [2.45, 2.75) is 25.9 Å². The molecule has 0 amide bonds. The summed E-state index contributed by atoms with van der Waals surface area (Å²) < 4.78 is 11.8. The normalized spacial score (nSPS) is 12.1. The summed E-state index contributed by atoms with van der Waals surface area (Å²) in [7, 11) is 1.91. The zero-order valence-electron chi connectivity index (χ0n) is 13.7. The van der Waals surface area contributed by atoms with E-state index < -0.39 is 6.10 Å². The first-order valence-electron chi connectivity index (χ1n) is 7.78. The molecule has 0 aliphatic heterocycles. The van der Waals surface area contributed by atoms with Gasteiger partial charge in [0.1, 0.15) is 5.82 Å². The Labute approximate surface area is 145 Å². The Morgan fingerprint density at radius 1 is 1.33 bits per heavy atom. The van der Waals surface area contributed by atoms with Crippen LogP contribution in [0.2, 0.25) is 0 Å². The lowest BCUT2D eigenvalue weighted by Crippen LogP contribution is -2.16. The molecule has 0 aliphatic rings. The number of benzene rings is 1. The number of ether oxygens (including phenoxy) is 1. The van der Waals surface area contributed by atoms with Gasteiger partial charge >= 0.3 is 5.97 Å². The lowest BCUT2D eigenvalue weighted by atomic mass is 10.1. The zero-order chi connectivity index (χ0) is 16.9. The van der Waals surface area contributed by atoms with Crippen LogP contribution in [0.4, 0.5) is 0 Å². The molecule has 1 atom stereocenters. The van der Waals surface area contributed by atoms with E-state index in [9.17, 15) is 4.79 Å². The Hall–Kier alpha value is -2.47. The highest BCUT2D eigenvalue weighted by atomic mass is 32.1.